The van der Waals surface area contributed by atoms with Gasteiger partial charge in [0.05, 0.1) is 12.1 Å². The lowest BCUT2D eigenvalue weighted by Crippen LogP contribution is -2.29. The van der Waals surface area contributed by atoms with Crippen molar-refractivity contribution in [1.29, 1.82) is 0 Å². The van der Waals surface area contributed by atoms with Gasteiger partial charge < -0.3 is 14.4 Å². The molecule has 5 nitrogen and oxygen atoms in total. The Hall–Kier alpha value is -0.810. The molecule has 1 N–H and O–H groups in total. The van der Waals surface area contributed by atoms with Gasteiger partial charge in [-0.05, 0) is 20.3 Å². The van der Waals surface area contributed by atoms with E-state index in [1.54, 1.807) is 13.8 Å². The molecule has 0 saturated carbocycles. The Morgan fingerprint density at radius 3 is 2.80 bits per heavy atom. The maximum Gasteiger partial charge on any atom is 0.318 e. The summed E-state index contributed by atoms with van der Waals surface area (Å²) in [6, 6.07) is 0.440. The smallest absolute Gasteiger partial charge is 0.318 e. The summed E-state index contributed by atoms with van der Waals surface area (Å²) in [5, 5.41) is 17.2. The molecule has 0 amide bonds. The summed E-state index contributed by atoms with van der Waals surface area (Å²) < 4.78 is 5.38. The maximum absolute atomic E-state index is 9.78. The molecular formula is C9H14ClN3O2. The lowest BCUT2D eigenvalue weighted by molar-refractivity contribution is 0.0836. The molecule has 2 unspecified atom stereocenters. The molecule has 1 aromatic heterocycles. The molecule has 1 saturated heterocycles. The number of aromatic nitrogens is 2. The van der Waals surface area contributed by atoms with Gasteiger partial charge in [0.1, 0.15) is 5.38 Å². The minimum atomic E-state index is -0.665. The zero-order valence-corrected chi connectivity index (χ0v) is 9.53. The molecule has 2 heterocycles. The normalized spacial score (nSPS) is 28.4. The number of hydrogen-bond acceptors (Lipinski definition) is 5. The average Bonchev–Trinajstić information content (AvgIpc) is 2.70. The first-order chi connectivity index (χ1) is 6.98. The van der Waals surface area contributed by atoms with Crippen LogP contribution in [-0.2, 0) is 0 Å². The quantitative estimate of drug-likeness (QED) is 0.778. The molecule has 1 aliphatic heterocycles. The van der Waals surface area contributed by atoms with Gasteiger partial charge in [-0.15, -0.1) is 16.7 Å². The number of halogens is 1. The second-order valence-corrected chi connectivity index (χ2v) is 4.86. The van der Waals surface area contributed by atoms with Crippen molar-refractivity contribution in [2.45, 2.75) is 31.2 Å². The van der Waals surface area contributed by atoms with Crippen molar-refractivity contribution in [2.75, 3.05) is 18.0 Å². The highest BCUT2D eigenvalue weighted by Crippen LogP contribution is 2.27. The highest BCUT2D eigenvalue weighted by atomic mass is 35.5. The van der Waals surface area contributed by atoms with E-state index in [4.69, 9.17) is 16.0 Å². The van der Waals surface area contributed by atoms with E-state index < -0.39 is 5.60 Å². The summed E-state index contributed by atoms with van der Waals surface area (Å²) in [5.41, 5.74) is -0.665. The SMILES string of the molecule is CC(Cl)c1nnc(N2CCC(C)(O)C2)o1. The Morgan fingerprint density at radius 2 is 2.33 bits per heavy atom. The predicted molar refractivity (Wildman–Crippen MR) is 56.0 cm³/mol. The lowest BCUT2D eigenvalue weighted by Gasteiger charge is -2.16. The number of alkyl halides is 1. The molecule has 1 fully saturated rings. The van der Waals surface area contributed by atoms with Crippen LogP contribution in [0.25, 0.3) is 0 Å². The molecule has 0 aliphatic carbocycles. The lowest BCUT2D eigenvalue weighted by atomic mass is 10.1. The van der Waals surface area contributed by atoms with Gasteiger partial charge in [-0.1, -0.05) is 5.10 Å². The van der Waals surface area contributed by atoms with Gasteiger partial charge in [0.15, 0.2) is 0 Å². The van der Waals surface area contributed by atoms with Crippen LogP contribution in [0.1, 0.15) is 31.5 Å². The fraction of sp³-hybridized carbons (Fsp3) is 0.778. The van der Waals surface area contributed by atoms with Crippen LogP contribution >= 0.6 is 11.6 Å². The van der Waals surface area contributed by atoms with Crippen LogP contribution in [0.15, 0.2) is 4.42 Å². The van der Waals surface area contributed by atoms with Crippen LogP contribution < -0.4 is 4.90 Å². The molecule has 0 bridgehead atoms. The Bertz CT molecular complexity index is 351. The van der Waals surface area contributed by atoms with E-state index in [1.807, 2.05) is 4.90 Å². The van der Waals surface area contributed by atoms with Gasteiger partial charge in [0.25, 0.3) is 0 Å². The first-order valence-corrected chi connectivity index (χ1v) is 5.36. The van der Waals surface area contributed by atoms with E-state index >= 15 is 0 Å². The van der Waals surface area contributed by atoms with Crippen molar-refractivity contribution < 1.29 is 9.52 Å². The number of nitrogens with zero attached hydrogens (tertiary/aromatic N) is 3. The van der Waals surface area contributed by atoms with Gasteiger partial charge >= 0.3 is 6.01 Å². The summed E-state index contributed by atoms with van der Waals surface area (Å²) in [7, 11) is 0. The second kappa shape index (κ2) is 3.64. The van der Waals surface area contributed by atoms with Crippen molar-refractivity contribution in [3.63, 3.8) is 0 Å². The summed E-state index contributed by atoms with van der Waals surface area (Å²) in [6.07, 6.45) is 0.709. The van der Waals surface area contributed by atoms with E-state index in [0.717, 1.165) is 6.54 Å². The highest BCUT2D eigenvalue weighted by Gasteiger charge is 2.34. The molecule has 0 aromatic carbocycles. The van der Waals surface area contributed by atoms with Crippen LogP contribution in [0.3, 0.4) is 0 Å². The van der Waals surface area contributed by atoms with Crippen LogP contribution in [0.4, 0.5) is 6.01 Å². The molecule has 0 spiro atoms. The number of aliphatic hydroxyl groups is 1. The Balaban J connectivity index is 2.11. The third kappa shape index (κ3) is 2.23. The van der Waals surface area contributed by atoms with Crippen LogP contribution in [0.5, 0.6) is 0 Å². The third-order valence-electron chi connectivity index (χ3n) is 2.49. The maximum atomic E-state index is 9.78. The number of rotatable bonds is 2. The number of β-amino-alcohol motifs (C(OH)–C–C–N with tert-alkyl or cyclic N) is 1. The van der Waals surface area contributed by atoms with Crippen molar-refractivity contribution >= 4 is 17.6 Å². The molecule has 0 radical (unpaired) electrons. The van der Waals surface area contributed by atoms with Gasteiger partial charge in [-0.25, -0.2) is 0 Å². The Kier molecular flexibility index (Phi) is 2.60. The van der Waals surface area contributed by atoms with E-state index in [1.165, 1.54) is 0 Å². The summed E-state index contributed by atoms with van der Waals surface area (Å²) in [4.78, 5) is 1.87. The average molecular weight is 232 g/mol. The van der Waals surface area contributed by atoms with Gasteiger partial charge in [0, 0.05) is 6.54 Å². The van der Waals surface area contributed by atoms with Crippen molar-refractivity contribution in [3.8, 4) is 0 Å². The molecule has 1 aliphatic rings. The zero-order chi connectivity index (χ0) is 11.1. The summed E-state index contributed by atoms with van der Waals surface area (Å²) >= 11 is 5.82. The number of anilines is 1. The van der Waals surface area contributed by atoms with Crippen LogP contribution in [0.2, 0.25) is 0 Å². The Labute approximate surface area is 93.0 Å². The first kappa shape index (κ1) is 10.7. The molecule has 84 valence electrons. The largest absolute Gasteiger partial charge is 0.406 e. The van der Waals surface area contributed by atoms with E-state index in [-0.39, 0.29) is 5.38 Å². The van der Waals surface area contributed by atoms with Crippen molar-refractivity contribution in [1.82, 2.24) is 10.2 Å². The van der Waals surface area contributed by atoms with Gasteiger partial charge in [-0.2, -0.15) is 0 Å². The van der Waals surface area contributed by atoms with Gasteiger partial charge in [0.2, 0.25) is 5.89 Å². The van der Waals surface area contributed by atoms with Crippen LogP contribution in [0, 0.1) is 0 Å². The Morgan fingerprint density at radius 1 is 1.60 bits per heavy atom. The van der Waals surface area contributed by atoms with Gasteiger partial charge in [-0.3, -0.25) is 0 Å². The zero-order valence-electron chi connectivity index (χ0n) is 8.77. The molecule has 2 atom stereocenters. The summed E-state index contributed by atoms with van der Waals surface area (Å²) in [5.74, 6) is 0.415. The van der Waals surface area contributed by atoms with Crippen molar-refractivity contribution in [3.05, 3.63) is 5.89 Å². The molecular weight excluding hydrogens is 218 g/mol. The molecule has 2 rings (SSSR count). The first-order valence-electron chi connectivity index (χ1n) is 4.93. The standard InChI is InChI=1S/C9H14ClN3O2/c1-6(10)7-11-12-8(15-7)13-4-3-9(2,14)5-13/h6,14H,3-5H2,1-2H3. The molecule has 15 heavy (non-hydrogen) atoms. The highest BCUT2D eigenvalue weighted by molar-refractivity contribution is 6.20. The monoisotopic (exact) mass is 231 g/mol. The fourth-order valence-electron chi connectivity index (χ4n) is 1.62. The summed E-state index contributed by atoms with van der Waals surface area (Å²) in [6.45, 7) is 4.82. The van der Waals surface area contributed by atoms with E-state index in [0.29, 0.717) is 24.9 Å². The van der Waals surface area contributed by atoms with Crippen molar-refractivity contribution in [2.24, 2.45) is 0 Å². The van der Waals surface area contributed by atoms with Crippen LogP contribution in [-0.4, -0.2) is 34.0 Å². The third-order valence-corrected chi connectivity index (χ3v) is 2.68. The molecule has 1 aromatic rings. The number of hydrogen-bond donors (Lipinski definition) is 1. The predicted octanol–water partition coefficient (Wildman–Crippen LogP) is 1.33. The van der Waals surface area contributed by atoms with E-state index in [2.05, 4.69) is 10.2 Å². The fourth-order valence-corrected chi connectivity index (χ4v) is 1.71. The minimum absolute atomic E-state index is 0.283. The second-order valence-electron chi connectivity index (χ2n) is 4.21. The minimum Gasteiger partial charge on any atom is -0.406 e. The van der Waals surface area contributed by atoms with E-state index in [9.17, 15) is 5.11 Å². The molecule has 6 heteroatoms. The topological polar surface area (TPSA) is 62.4 Å².